The van der Waals surface area contributed by atoms with E-state index in [0.717, 1.165) is 33.2 Å². The van der Waals surface area contributed by atoms with Gasteiger partial charge in [0.15, 0.2) is 5.16 Å². The van der Waals surface area contributed by atoms with Gasteiger partial charge in [-0.3, -0.25) is 0 Å². The van der Waals surface area contributed by atoms with Gasteiger partial charge in [0.25, 0.3) is 0 Å². The molecule has 94 valence electrons. The van der Waals surface area contributed by atoms with Crippen LogP contribution >= 0.6 is 27.7 Å². The molecule has 0 unspecified atom stereocenters. The Bertz CT molecular complexity index is 502. The number of nitrogens with one attached hydrogen (secondary N) is 1. The number of thioether (sulfide) groups is 1. The molecule has 0 atom stereocenters. The van der Waals surface area contributed by atoms with Gasteiger partial charge in [-0.05, 0) is 30.7 Å². The molecule has 0 saturated heterocycles. The van der Waals surface area contributed by atoms with Crippen LogP contribution < -0.4 is 5.32 Å². The molecule has 0 aliphatic heterocycles. The Kier molecular flexibility index (Phi) is 5.01. The Balaban J connectivity index is 1.74. The number of halogens is 1. The van der Waals surface area contributed by atoms with Crippen molar-refractivity contribution >= 4 is 33.4 Å². The van der Waals surface area contributed by atoms with Crippen LogP contribution in [0.15, 0.2) is 46.3 Å². The van der Waals surface area contributed by atoms with Gasteiger partial charge in [-0.1, -0.05) is 33.8 Å². The molecule has 3 nitrogen and oxygen atoms in total. The number of aromatic nitrogens is 2. The molecule has 0 spiro atoms. The van der Waals surface area contributed by atoms with E-state index in [-0.39, 0.29) is 0 Å². The predicted octanol–water partition coefficient (Wildman–Crippen LogP) is 3.75. The van der Waals surface area contributed by atoms with Gasteiger partial charge in [0.05, 0.1) is 0 Å². The Morgan fingerprint density at radius 3 is 2.78 bits per heavy atom. The number of rotatable bonds is 5. The Morgan fingerprint density at radius 1 is 1.28 bits per heavy atom. The van der Waals surface area contributed by atoms with Gasteiger partial charge in [0, 0.05) is 34.9 Å². The topological polar surface area (TPSA) is 37.8 Å². The molecule has 0 saturated carbocycles. The highest BCUT2D eigenvalue weighted by atomic mass is 79.9. The van der Waals surface area contributed by atoms with Gasteiger partial charge < -0.3 is 5.32 Å². The average Bonchev–Trinajstić information content (AvgIpc) is 2.37. The average molecular weight is 324 g/mol. The highest BCUT2D eigenvalue weighted by molar-refractivity contribution is 9.10. The zero-order valence-corrected chi connectivity index (χ0v) is 12.5. The zero-order chi connectivity index (χ0) is 12.8. The molecular formula is C13H14BrN3S. The third kappa shape index (κ3) is 4.31. The van der Waals surface area contributed by atoms with Crippen LogP contribution in [-0.4, -0.2) is 22.3 Å². The zero-order valence-electron chi connectivity index (χ0n) is 10.1. The monoisotopic (exact) mass is 323 g/mol. The molecule has 1 heterocycles. The van der Waals surface area contributed by atoms with Crippen molar-refractivity contribution in [1.82, 2.24) is 9.97 Å². The minimum absolute atomic E-state index is 0.830. The minimum atomic E-state index is 0.830. The molecular weight excluding hydrogens is 310 g/mol. The summed E-state index contributed by atoms with van der Waals surface area (Å²) in [5.41, 5.74) is 2.21. The number of benzene rings is 1. The van der Waals surface area contributed by atoms with Gasteiger partial charge in [-0.2, -0.15) is 0 Å². The quantitative estimate of drug-likeness (QED) is 0.516. The van der Waals surface area contributed by atoms with Crippen LogP contribution in [0.25, 0.3) is 0 Å². The van der Waals surface area contributed by atoms with Gasteiger partial charge >= 0.3 is 0 Å². The summed E-state index contributed by atoms with van der Waals surface area (Å²) in [7, 11) is 0. The summed E-state index contributed by atoms with van der Waals surface area (Å²) >= 11 is 5.11. The summed E-state index contributed by atoms with van der Waals surface area (Å²) < 4.78 is 1.09. The van der Waals surface area contributed by atoms with E-state index < -0.39 is 0 Å². The summed E-state index contributed by atoms with van der Waals surface area (Å²) in [5.74, 6) is 0.940. The molecule has 0 aliphatic rings. The lowest BCUT2D eigenvalue weighted by atomic mass is 10.3. The number of aryl methyl sites for hydroxylation is 1. The second kappa shape index (κ2) is 6.75. The minimum Gasteiger partial charge on any atom is -0.384 e. The molecule has 0 aliphatic carbocycles. The second-order valence-electron chi connectivity index (χ2n) is 3.83. The summed E-state index contributed by atoms with van der Waals surface area (Å²) in [6, 6.07) is 8.15. The first-order valence-corrected chi connectivity index (χ1v) is 7.43. The van der Waals surface area contributed by atoms with Gasteiger partial charge in [-0.15, -0.1) is 0 Å². The van der Waals surface area contributed by atoms with E-state index in [4.69, 9.17) is 0 Å². The lowest BCUT2D eigenvalue weighted by Gasteiger charge is -2.06. The molecule has 2 aromatic rings. The van der Waals surface area contributed by atoms with Crippen LogP contribution in [0, 0.1) is 6.92 Å². The number of nitrogens with zero attached hydrogens (tertiary/aromatic N) is 2. The maximum atomic E-state index is 4.25. The van der Waals surface area contributed by atoms with Crippen molar-refractivity contribution < 1.29 is 0 Å². The third-order valence-corrected chi connectivity index (χ3v) is 3.61. The highest BCUT2D eigenvalue weighted by Gasteiger charge is 1.97. The fourth-order valence-electron chi connectivity index (χ4n) is 1.39. The van der Waals surface area contributed by atoms with Gasteiger partial charge in [-0.25, -0.2) is 9.97 Å². The first-order chi connectivity index (χ1) is 8.74. The van der Waals surface area contributed by atoms with E-state index in [1.807, 2.05) is 31.5 Å². The van der Waals surface area contributed by atoms with E-state index in [2.05, 4.69) is 43.3 Å². The van der Waals surface area contributed by atoms with Crippen molar-refractivity contribution in [2.45, 2.75) is 12.1 Å². The van der Waals surface area contributed by atoms with Gasteiger partial charge in [0.1, 0.15) is 0 Å². The Morgan fingerprint density at radius 2 is 2.06 bits per heavy atom. The lowest BCUT2D eigenvalue weighted by Crippen LogP contribution is -2.04. The first-order valence-electron chi connectivity index (χ1n) is 5.65. The fraction of sp³-hybridized carbons (Fsp3) is 0.231. The van der Waals surface area contributed by atoms with Crippen molar-refractivity contribution in [2.75, 3.05) is 17.6 Å². The van der Waals surface area contributed by atoms with Crippen LogP contribution in [-0.2, 0) is 0 Å². The third-order valence-electron chi connectivity index (χ3n) is 2.24. The standard InChI is InChI=1S/C13H14BrN3S/c1-10-8-16-13(17-9-10)18-6-5-15-12-4-2-3-11(14)7-12/h2-4,7-9,15H,5-6H2,1H3. The molecule has 1 N–H and O–H groups in total. The molecule has 1 aromatic heterocycles. The molecule has 5 heteroatoms. The molecule has 0 bridgehead atoms. The normalized spacial score (nSPS) is 10.3. The van der Waals surface area contributed by atoms with Gasteiger partial charge in [0.2, 0.25) is 0 Å². The lowest BCUT2D eigenvalue weighted by molar-refractivity contribution is 0.949. The maximum absolute atomic E-state index is 4.25. The molecule has 0 amide bonds. The smallest absolute Gasteiger partial charge is 0.187 e. The first kappa shape index (κ1) is 13.4. The number of hydrogen-bond acceptors (Lipinski definition) is 4. The van der Waals surface area contributed by atoms with Crippen molar-refractivity contribution in [3.8, 4) is 0 Å². The summed E-state index contributed by atoms with van der Waals surface area (Å²) in [6.07, 6.45) is 3.69. The molecule has 0 radical (unpaired) electrons. The van der Waals surface area contributed by atoms with E-state index in [1.165, 1.54) is 0 Å². The second-order valence-corrected chi connectivity index (χ2v) is 5.81. The van der Waals surface area contributed by atoms with Crippen LogP contribution in [0.5, 0.6) is 0 Å². The van der Waals surface area contributed by atoms with Crippen molar-refractivity contribution in [3.05, 3.63) is 46.7 Å². The highest BCUT2D eigenvalue weighted by Crippen LogP contribution is 2.16. The van der Waals surface area contributed by atoms with Crippen LogP contribution in [0.3, 0.4) is 0 Å². The molecule has 0 fully saturated rings. The van der Waals surface area contributed by atoms with E-state index in [0.29, 0.717) is 0 Å². The van der Waals surface area contributed by atoms with Crippen molar-refractivity contribution in [3.63, 3.8) is 0 Å². The summed E-state index contributed by atoms with van der Waals surface area (Å²) in [5, 5.41) is 4.19. The van der Waals surface area contributed by atoms with E-state index in [1.54, 1.807) is 11.8 Å². The van der Waals surface area contributed by atoms with Crippen LogP contribution in [0.4, 0.5) is 5.69 Å². The van der Waals surface area contributed by atoms with E-state index in [9.17, 15) is 0 Å². The van der Waals surface area contributed by atoms with Crippen LogP contribution in [0.1, 0.15) is 5.56 Å². The Hall–Kier alpha value is -1.07. The Labute approximate surface area is 120 Å². The fourth-order valence-corrected chi connectivity index (χ4v) is 2.43. The van der Waals surface area contributed by atoms with Crippen molar-refractivity contribution in [1.29, 1.82) is 0 Å². The van der Waals surface area contributed by atoms with Crippen molar-refractivity contribution in [2.24, 2.45) is 0 Å². The largest absolute Gasteiger partial charge is 0.384 e. The molecule has 2 rings (SSSR count). The summed E-state index contributed by atoms with van der Waals surface area (Å²) in [4.78, 5) is 8.51. The predicted molar refractivity (Wildman–Crippen MR) is 80.1 cm³/mol. The number of hydrogen-bond donors (Lipinski definition) is 1. The SMILES string of the molecule is Cc1cnc(SCCNc2cccc(Br)c2)nc1. The van der Waals surface area contributed by atoms with E-state index >= 15 is 0 Å². The maximum Gasteiger partial charge on any atom is 0.187 e. The molecule has 1 aromatic carbocycles. The molecule has 18 heavy (non-hydrogen) atoms. The number of anilines is 1. The summed E-state index contributed by atoms with van der Waals surface area (Å²) in [6.45, 7) is 2.88. The van der Waals surface area contributed by atoms with Crippen LogP contribution in [0.2, 0.25) is 0 Å².